The minimum atomic E-state index is -4.56. The monoisotopic (exact) mass is 450 g/mol. The van der Waals surface area contributed by atoms with E-state index in [9.17, 15) is 22.0 Å². The van der Waals surface area contributed by atoms with E-state index in [0.717, 1.165) is 12.8 Å². The van der Waals surface area contributed by atoms with Gasteiger partial charge in [-0.1, -0.05) is 6.07 Å². The second-order valence-electron chi connectivity index (χ2n) is 8.86. The topological polar surface area (TPSA) is 33.4 Å². The first kappa shape index (κ1) is 21.3. The molecule has 3 heterocycles. The predicted molar refractivity (Wildman–Crippen MR) is 108 cm³/mol. The van der Waals surface area contributed by atoms with Crippen molar-refractivity contribution in [2.45, 2.75) is 50.7 Å². The predicted octanol–water partition coefficient (Wildman–Crippen LogP) is 5.36. The summed E-state index contributed by atoms with van der Waals surface area (Å²) in [5, 5.41) is 7.91. The SMILES string of the molecule is Fc1cccc(F)c1C1CCN(Cc2ccn3c(CC4CC4)nnc3c2C(F)(F)F)CC1. The second kappa shape index (κ2) is 8.10. The summed E-state index contributed by atoms with van der Waals surface area (Å²) < 4.78 is 71.7. The van der Waals surface area contributed by atoms with Gasteiger partial charge in [0.25, 0.3) is 0 Å². The molecule has 0 amide bonds. The minimum Gasteiger partial charge on any atom is -0.299 e. The Kier molecular flexibility index (Phi) is 5.39. The number of hydrogen-bond donors (Lipinski definition) is 0. The average molecular weight is 450 g/mol. The quantitative estimate of drug-likeness (QED) is 0.491. The van der Waals surface area contributed by atoms with Gasteiger partial charge in [-0.15, -0.1) is 10.2 Å². The third-order valence-corrected chi connectivity index (χ3v) is 6.58. The Bertz CT molecular complexity index is 1110. The molecular formula is C23H23F5N4. The number of halogens is 5. The van der Waals surface area contributed by atoms with E-state index < -0.39 is 23.4 Å². The fraction of sp³-hybridized carbons (Fsp3) is 0.478. The van der Waals surface area contributed by atoms with Crippen molar-refractivity contribution < 1.29 is 22.0 Å². The van der Waals surface area contributed by atoms with E-state index in [-0.39, 0.29) is 29.2 Å². The number of fused-ring (bicyclic) bond motifs is 1. The molecule has 2 fully saturated rings. The minimum absolute atomic E-state index is 0.0798. The molecule has 0 unspecified atom stereocenters. The van der Waals surface area contributed by atoms with Gasteiger partial charge in [-0.05, 0) is 74.4 Å². The average Bonchev–Trinajstić information content (AvgIpc) is 3.47. The van der Waals surface area contributed by atoms with Crippen molar-refractivity contribution in [3.05, 3.63) is 64.6 Å². The summed E-state index contributed by atoms with van der Waals surface area (Å²) in [7, 11) is 0. The number of benzene rings is 1. The zero-order chi connectivity index (χ0) is 22.5. The molecule has 1 saturated carbocycles. The van der Waals surface area contributed by atoms with Crippen molar-refractivity contribution in [2.75, 3.05) is 13.1 Å². The van der Waals surface area contributed by atoms with Crippen molar-refractivity contribution in [1.29, 1.82) is 0 Å². The number of likely N-dealkylation sites (tertiary alicyclic amines) is 1. The fourth-order valence-electron chi connectivity index (χ4n) is 4.72. The first-order chi connectivity index (χ1) is 15.3. The molecule has 1 aromatic carbocycles. The highest BCUT2D eigenvalue weighted by Gasteiger charge is 2.38. The van der Waals surface area contributed by atoms with Crippen LogP contribution < -0.4 is 0 Å². The van der Waals surface area contributed by atoms with Gasteiger partial charge >= 0.3 is 6.18 Å². The van der Waals surface area contributed by atoms with E-state index >= 15 is 0 Å². The number of piperidine rings is 1. The summed E-state index contributed by atoms with van der Waals surface area (Å²) in [6.07, 6.45) is 0.820. The van der Waals surface area contributed by atoms with Gasteiger partial charge in [0.05, 0.1) is 0 Å². The van der Waals surface area contributed by atoms with Crippen LogP contribution >= 0.6 is 0 Å². The molecule has 0 bridgehead atoms. The van der Waals surface area contributed by atoms with Crippen molar-refractivity contribution in [1.82, 2.24) is 19.5 Å². The van der Waals surface area contributed by atoms with E-state index in [2.05, 4.69) is 10.2 Å². The van der Waals surface area contributed by atoms with Crippen LogP contribution in [0.2, 0.25) is 0 Å². The Balaban J connectivity index is 1.36. The molecule has 0 radical (unpaired) electrons. The number of hydrogen-bond acceptors (Lipinski definition) is 3. The van der Waals surface area contributed by atoms with Crippen molar-refractivity contribution in [3.63, 3.8) is 0 Å². The van der Waals surface area contributed by atoms with Gasteiger partial charge in [-0.25, -0.2) is 8.78 Å². The Labute approximate surface area is 182 Å². The van der Waals surface area contributed by atoms with Crippen LogP contribution in [0.1, 0.15) is 54.1 Å². The summed E-state index contributed by atoms with van der Waals surface area (Å²) in [4.78, 5) is 1.90. The Hall–Kier alpha value is -2.55. The van der Waals surface area contributed by atoms with Crippen LogP contribution in [0.4, 0.5) is 22.0 Å². The van der Waals surface area contributed by atoms with Crippen LogP contribution in [0.3, 0.4) is 0 Å². The fourth-order valence-corrected chi connectivity index (χ4v) is 4.72. The van der Waals surface area contributed by atoms with Gasteiger partial charge in [0, 0.05) is 24.7 Å². The molecule has 9 heteroatoms. The molecule has 170 valence electrons. The van der Waals surface area contributed by atoms with Gasteiger partial charge in [0.1, 0.15) is 23.0 Å². The van der Waals surface area contributed by atoms with Crippen LogP contribution in [0.15, 0.2) is 30.5 Å². The maximum atomic E-state index is 14.1. The van der Waals surface area contributed by atoms with Gasteiger partial charge in [0.2, 0.25) is 0 Å². The molecule has 2 aliphatic rings. The Morgan fingerprint density at radius 3 is 2.25 bits per heavy atom. The maximum Gasteiger partial charge on any atom is 0.420 e. The number of rotatable bonds is 5. The van der Waals surface area contributed by atoms with E-state index in [1.807, 2.05) is 4.90 Å². The molecule has 2 aromatic heterocycles. The van der Waals surface area contributed by atoms with Gasteiger partial charge < -0.3 is 0 Å². The first-order valence-corrected chi connectivity index (χ1v) is 10.9. The van der Waals surface area contributed by atoms with Crippen LogP contribution in [0.25, 0.3) is 5.65 Å². The van der Waals surface area contributed by atoms with Gasteiger partial charge in [0.15, 0.2) is 5.65 Å². The molecule has 1 saturated heterocycles. The summed E-state index contributed by atoms with van der Waals surface area (Å²) in [6, 6.07) is 5.31. The molecule has 4 nitrogen and oxygen atoms in total. The van der Waals surface area contributed by atoms with E-state index in [4.69, 9.17) is 0 Å². The van der Waals surface area contributed by atoms with Crippen LogP contribution in [0.5, 0.6) is 0 Å². The largest absolute Gasteiger partial charge is 0.420 e. The van der Waals surface area contributed by atoms with E-state index in [1.54, 1.807) is 6.20 Å². The smallest absolute Gasteiger partial charge is 0.299 e. The molecular weight excluding hydrogens is 427 g/mol. The molecule has 0 N–H and O–H groups in total. The summed E-state index contributed by atoms with van der Waals surface area (Å²) >= 11 is 0. The number of pyridine rings is 1. The van der Waals surface area contributed by atoms with E-state index in [0.29, 0.717) is 44.1 Å². The molecule has 3 aromatic rings. The summed E-state index contributed by atoms with van der Waals surface area (Å²) in [5.74, 6) is -0.369. The molecule has 0 spiro atoms. The molecule has 32 heavy (non-hydrogen) atoms. The lowest BCUT2D eigenvalue weighted by Gasteiger charge is -2.33. The highest BCUT2D eigenvalue weighted by atomic mass is 19.4. The summed E-state index contributed by atoms with van der Waals surface area (Å²) in [6.45, 7) is 1.02. The highest BCUT2D eigenvalue weighted by molar-refractivity contribution is 5.53. The van der Waals surface area contributed by atoms with Gasteiger partial charge in [-0.2, -0.15) is 13.2 Å². The maximum absolute atomic E-state index is 14.1. The Morgan fingerprint density at radius 2 is 1.62 bits per heavy atom. The second-order valence-corrected chi connectivity index (χ2v) is 8.86. The number of alkyl halides is 3. The van der Waals surface area contributed by atoms with Crippen molar-refractivity contribution in [2.24, 2.45) is 5.92 Å². The zero-order valence-electron chi connectivity index (χ0n) is 17.4. The third-order valence-electron chi connectivity index (χ3n) is 6.58. The lowest BCUT2D eigenvalue weighted by Crippen LogP contribution is -2.33. The third kappa shape index (κ3) is 4.10. The number of nitrogens with zero attached hydrogens (tertiary/aromatic N) is 4. The van der Waals surface area contributed by atoms with Crippen LogP contribution in [0, 0.1) is 17.6 Å². The lowest BCUT2D eigenvalue weighted by molar-refractivity contribution is -0.137. The Morgan fingerprint density at radius 1 is 0.938 bits per heavy atom. The lowest BCUT2D eigenvalue weighted by atomic mass is 9.88. The van der Waals surface area contributed by atoms with Crippen LogP contribution in [-0.4, -0.2) is 32.6 Å². The molecule has 1 aliphatic carbocycles. The normalized spacial score (nSPS) is 18.5. The van der Waals surface area contributed by atoms with Crippen LogP contribution in [-0.2, 0) is 19.1 Å². The highest BCUT2D eigenvalue weighted by Crippen LogP contribution is 2.38. The van der Waals surface area contributed by atoms with Crippen molar-refractivity contribution in [3.8, 4) is 0 Å². The van der Waals surface area contributed by atoms with Crippen molar-refractivity contribution >= 4 is 5.65 Å². The summed E-state index contributed by atoms with van der Waals surface area (Å²) in [5.41, 5.74) is -0.687. The first-order valence-electron chi connectivity index (χ1n) is 10.9. The van der Waals surface area contributed by atoms with E-state index in [1.165, 1.54) is 28.7 Å². The molecule has 5 rings (SSSR count). The molecule has 0 atom stereocenters. The number of aromatic nitrogens is 3. The van der Waals surface area contributed by atoms with Gasteiger partial charge in [-0.3, -0.25) is 9.30 Å². The standard InChI is InChI=1S/C23H23F5N4/c24-17-2-1-3-18(25)20(17)15-6-9-31(10-7-15)13-16-8-11-32-19(12-14-4-5-14)29-30-22(32)21(16)23(26,27)28/h1-3,8,11,14-15H,4-7,9-10,12-13H2. The zero-order valence-corrected chi connectivity index (χ0v) is 17.4. The molecule has 1 aliphatic heterocycles.